The van der Waals surface area contributed by atoms with Crippen molar-refractivity contribution < 1.29 is 0 Å². The number of nitrogens with zero attached hydrogens (tertiary/aromatic N) is 2. The van der Waals surface area contributed by atoms with E-state index in [0.29, 0.717) is 17.9 Å². The van der Waals surface area contributed by atoms with Gasteiger partial charge in [-0.2, -0.15) is 5.10 Å². The van der Waals surface area contributed by atoms with E-state index in [-0.39, 0.29) is 0 Å². The molecule has 4 heteroatoms. The quantitative estimate of drug-likeness (QED) is 0.832. The van der Waals surface area contributed by atoms with Crippen molar-refractivity contribution in [1.82, 2.24) is 15.1 Å². The zero-order chi connectivity index (χ0) is 13.7. The lowest BCUT2D eigenvalue weighted by Gasteiger charge is -2.17. The summed E-state index contributed by atoms with van der Waals surface area (Å²) < 4.78 is 3.25. The van der Waals surface area contributed by atoms with Gasteiger partial charge < -0.3 is 5.32 Å². The molecule has 1 atom stereocenters. The van der Waals surface area contributed by atoms with Crippen LogP contribution in [0.4, 0.5) is 0 Å². The van der Waals surface area contributed by atoms with E-state index in [1.165, 1.54) is 5.69 Å². The lowest BCUT2D eigenvalue weighted by Crippen LogP contribution is -2.26. The van der Waals surface area contributed by atoms with Gasteiger partial charge in [0.1, 0.15) is 0 Å². The highest BCUT2D eigenvalue weighted by atomic mass is 79.9. The number of aromatic nitrogens is 2. The average molecular weight is 316 g/mol. The Morgan fingerprint density at radius 1 is 1.22 bits per heavy atom. The number of halogens is 1. The second-order valence-corrected chi connectivity index (χ2v) is 6.69. The predicted octanol–water partition coefficient (Wildman–Crippen LogP) is 3.65. The summed E-state index contributed by atoms with van der Waals surface area (Å²) in [7, 11) is 0. The molecule has 0 fully saturated rings. The molecule has 0 saturated carbocycles. The lowest BCUT2D eigenvalue weighted by molar-refractivity contribution is 0.444. The maximum atomic E-state index is 4.43. The van der Waals surface area contributed by atoms with Gasteiger partial charge in [0.15, 0.2) is 0 Å². The van der Waals surface area contributed by atoms with Crippen molar-refractivity contribution in [2.45, 2.75) is 47.1 Å². The summed E-state index contributed by atoms with van der Waals surface area (Å²) in [5.41, 5.74) is 1.31. The lowest BCUT2D eigenvalue weighted by atomic mass is 10.1. The van der Waals surface area contributed by atoms with E-state index >= 15 is 0 Å². The van der Waals surface area contributed by atoms with Crippen LogP contribution in [-0.2, 0) is 6.42 Å². The third-order valence-electron chi connectivity index (χ3n) is 2.92. The van der Waals surface area contributed by atoms with Crippen molar-refractivity contribution >= 4 is 15.9 Å². The van der Waals surface area contributed by atoms with Gasteiger partial charge in [0.25, 0.3) is 0 Å². The van der Waals surface area contributed by atoms with E-state index < -0.39 is 0 Å². The molecule has 0 aliphatic carbocycles. The first kappa shape index (κ1) is 15.7. The smallest absolute Gasteiger partial charge is 0.0635 e. The van der Waals surface area contributed by atoms with Crippen molar-refractivity contribution in [3.63, 3.8) is 0 Å². The van der Waals surface area contributed by atoms with Crippen LogP contribution in [0.15, 0.2) is 10.7 Å². The molecular weight excluding hydrogens is 290 g/mol. The van der Waals surface area contributed by atoms with Crippen LogP contribution < -0.4 is 5.32 Å². The Labute approximate surface area is 119 Å². The summed E-state index contributed by atoms with van der Waals surface area (Å²) >= 11 is 3.60. The van der Waals surface area contributed by atoms with Crippen molar-refractivity contribution in [3.05, 3.63) is 16.4 Å². The highest BCUT2D eigenvalue weighted by Gasteiger charge is 2.14. The molecule has 104 valence electrons. The fraction of sp³-hybridized carbons (Fsp3) is 0.786. The molecule has 0 saturated heterocycles. The van der Waals surface area contributed by atoms with Gasteiger partial charge in [-0.25, -0.2) is 0 Å². The zero-order valence-corrected chi connectivity index (χ0v) is 13.8. The highest BCUT2D eigenvalue weighted by Crippen LogP contribution is 2.22. The first-order valence-electron chi connectivity index (χ1n) is 6.84. The number of hydrogen-bond donors (Lipinski definition) is 1. The highest BCUT2D eigenvalue weighted by molar-refractivity contribution is 9.10. The van der Waals surface area contributed by atoms with Crippen molar-refractivity contribution in [1.29, 1.82) is 0 Å². The Bertz CT molecular complexity index is 358. The molecule has 3 nitrogen and oxygen atoms in total. The predicted molar refractivity (Wildman–Crippen MR) is 80.9 cm³/mol. The molecule has 0 aliphatic rings. The summed E-state index contributed by atoms with van der Waals surface area (Å²) in [6.07, 6.45) is 2.97. The van der Waals surface area contributed by atoms with Crippen LogP contribution in [0.1, 0.15) is 46.4 Å². The first-order chi connectivity index (χ1) is 8.41. The fourth-order valence-corrected chi connectivity index (χ4v) is 2.46. The molecule has 1 aromatic heterocycles. The van der Waals surface area contributed by atoms with Crippen molar-refractivity contribution in [3.8, 4) is 0 Å². The van der Waals surface area contributed by atoms with Crippen LogP contribution in [-0.4, -0.2) is 22.9 Å². The molecule has 0 radical (unpaired) electrons. The summed E-state index contributed by atoms with van der Waals surface area (Å²) in [5, 5.41) is 7.95. The van der Waals surface area contributed by atoms with E-state index in [0.717, 1.165) is 24.0 Å². The maximum Gasteiger partial charge on any atom is 0.0635 e. The summed E-state index contributed by atoms with van der Waals surface area (Å²) in [4.78, 5) is 0. The molecule has 1 unspecified atom stereocenters. The van der Waals surface area contributed by atoms with Crippen LogP contribution in [0.25, 0.3) is 0 Å². The minimum absolute atomic E-state index is 0.419. The normalized spacial score (nSPS) is 13.6. The third-order valence-corrected chi connectivity index (χ3v) is 3.59. The van der Waals surface area contributed by atoms with E-state index in [2.05, 4.69) is 65.6 Å². The van der Waals surface area contributed by atoms with Crippen LogP contribution in [0.5, 0.6) is 0 Å². The van der Waals surface area contributed by atoms with E-state index in [9.17, 15) is 0 Å². The van der Waals surface area contributed by atoms with Gasteiger partial charge in [-0.15, -0.1) is 0 Å². The molecule has 0 spiro atoms. The molecule has 1 heterocycles. The molecule has 1 aromatic rings. The molecule has 1 N–H and O–H groups in total. The summed E-state index contributed by atoms with van der Waals surface area (Å²) in [6.45, 7) is 13.3. The number of hydrogen-bond acceptors (Lipinski definition) is 2. The van der Waals surface area contributed by atoms with Gasteiger partial charge in [-0.3, -0.25) is 4.68 Å². The minimum Gasteiger partial charge on any atom is -0.316 e. The van der Waals surface area contributed by atoms with Crippen molar-refractivity contribution in [2.24, 2.45) is 11.8 Å². The van der Waals surface area contributed by atoms with Crippen LogP contribution >= 0.6 is 15.9 Å². The van der Waals surface area contributed by atoms with Gasteiger partial charge in [-0.1, -0.05) is 20.8 Å². The summed E-state index contributed by atoms with van der Waals surface area (Å²) in [6, 6.07) is 0.419. The Balaban J connectivity index is 2.53. The van der Waals surface area contributed by atoms with E-state index in [1.54, 1.807) is 0 Å². The molecule has 0 aromatic carbocycles. The van der Waals surface area contributed by atoms with E-state index in [4.69, 9.17) is 0 Å². The standard InChI is InChI=1S/C14H26BrN3/c1-10(2)7-16-8-12(5)6-14-13(15)9-17-18(14)11(3)4/h9-12,16H,6-8H2,1-5H3. The van der Waals surface area contributed by atoms with Crippen molar-refractivity contribution in [2.75, 3.05) is 13.1 Å². The van der Waals surface area contributed by atoms with Gasteiger partial charge in [0.2, 0.25) is 0 Å². The first-order valence-corrected chi connectivity index (χ1v) is 7.63. The summed E-state index contributed by atoms with van der Waals surface area (Å²) in [5.74, 6) is 1.33. The van der Waals surface area contributed by atoms with E-state index in [1.807, 2.05) is 6.20 Å². The van der Waals surface area contributed by atoms with Gasteiger partial charge in [0.05, 0.1) is 16.4 Å². The van der Waals surface area contributed by atoms with Crippen LogP contribution in [0.3, 0.4) is 0 Å². The maximum absolute atomic E-state index is 4.43. The van der Waals surface area contributed by atoms with Crippen LogP contribution in [0.2, 0.25) is 0 Å². The Morgan fingerprint density at radius 3 is 2.44 bits per heavy atom. The number of rotatable bonds is 7. The molecule has 1 rings (SSSR count). The second-order valence-electron chi connectivity index (χ2n) is 5.84. The Morgan fingerprint density at radius 2 is 1.89 bits per heavy atom. The zero-order valence-electron chi connectivity index (χ0n) is 12.2. The van der Waals surface area contributed by atoms with Gasteiger partial charge in [-0.05, 0) is 61.1 Å². The SMILES string of the molecule is CC(C)CNCC(C)Cc1c(Br)cnn1C(C)C. The van der Waals surface area contributed by atoms with Gasteiger partial charge >= 0.3 is 0 Å². The van der Waals surface area contributed by atoms with Gasteiger partial charge in [0, 0.05) is 6.04 Å². The second kappa shape index (κ2) is 7.29. The largest absolute Gasteiger partial charge is 0.316 e. The molecule has 18 heavy (non-hydrogen) atoms. The van der Waals surface area contributed by atoms with Crippen LogP contribution in [0, 0.1) is 11.8 Å². The Kier molecular flexibility index (Phi) is 6.36. The fourth-order valence-electron chi connectivity index (χ4n) is 2.02. The monoisotopic (exact) mass is 315 g/mol. The average Bonchev–Trinajstić information content (AvgIpc) is 2.60. The number of nitrogens with one attached hydrogen (secondary N) is 1. The molecule has 0 aliphatic heterocycles. The molecule has 0 bridgehead atoms. The molecule has 0 amide bonds. The molecular formula is C14H26BrN3. The Hall–Kier alpha value is -0.350. The topological polar surface area (TPSA) is 29.9 Å². The minimum atomic E-state index is 0.419. The third kappa shape index (κ3) is 4.73.